The predicted molar refractivity (Wildman–Crippen MR) is 141 cm³/mol. The van der Waals surface area contributed by atoms with Crippen LogP contribution in [-0.2, 0) is 7.05 Å². The summed E-state index contributed by atoms with van der Waals surface area (Å²) in [5.41, 5.74) is 10.2. The summed E-state index contributed by atoms with van der Waals surface area (Å²) in [5, 5.41) is 5.38. The molecule has 2 N–H and O–H groups in total. The smallest absolute Gasteiger partial charge is 0.228 e. The van der Waals surface area contributed by atoms with Crippen LogP contribution in [0.4, 0.5) is 11.8 Å². The Morgan fingerprint density at radius 2 is 1.66 bits per heavy atom. The van der Waals surface area contributed by atoms with Crippen LogP contribution in [-0.4, -0.2) is 64.0 Å². The van der Waals surface area contributed by atoms with Gasteiger partial charge in [-0.1, -0.05) is 56.3 Å². The van der Waals surface area contributed by atoms with Crippen LogP contribution in [0.25, 0.3) is 22.3 Å². The summed E-state index contributed by atoms with van der Waals surface area (Å²) >= 11 is 0. The number of para-hydroxylation sites is 1. The second-order valence-corrected chi connectivity index (χ2v) is 9.35. The van der Waals surface area contributed by atoms with Crippen molar-refractivity contribution in [3.05, 3.63) is 60.2 Å². The number of aryl methyl sites for hydroxylation is 1. The minimum atomic E-state index is 0.475. The summed E-state index contributed by atoms with van der Waals surface area (Å²) in [5.74, 6) is 2.68. The van der Waals surface area contributed by atoms with E-state index >= 15 is 0 Å². The lowest BCUT2D eigenvalue weighted by molar-refractivity contribution is 0.200. The van der Waals surface area contributed by atoms with E-state index in [1.165, 1.54) is 5.56 Å². The third-order valence-electron chi connectivity index (χ3n) is 6.65. The SMILES string of the molecule is CC(C)c1ccc(-c2nc(N3CCN(CCOc4ccccc4)CC3)nc3nn(C)c(N)c23)cc1. The number of piperazine rings is 1. The van der Waals surface area contributed by atoms with Crippen LogP contribution in [0.2, 0.25) is 0 Å². The number of nitrogen functional groups attached to an aromatic ring is 1. The van der Waals surface area contributed by atoms with Gasteiger partial charge in [-0.25, -0.2) is 4.98 Å². The molecule has 2 aromatic carbocycles. The number of fused-ring (bicyclic) bond motifs is 1. The quantitative estimate of drug-likeness (QED) is 0.437. The molecule has 1 aliphatic heterocycles. The van der Waals surface area contributed by atoms with E-state index in [4.69, 9.17) is 20.4 Å². The molecule has 0 unspecified atom stereocenters. The van der Waals surface area contributed by atoms with Crippen molar-refractivity contribution in [2.24, 2.45) is 7.05 Å². The normalized spacial score (nSPS) is 14.7. The zero-order valence-corrected chi connectivity index (χ0v) is 20.7. The number of benzene rings is 2. The molecule has 0 saturated carbocycles. The van der Waals surface area contributed by atoms with Crippen molar-refractivity contribution in [1.29, 1.82) is 0 Å². The average Bonchev–Trinajstić information content (AvgIpc) is 3.17. The summed E-state index contributed by atoms with van der Waals surface area (Å²) < 4.78 is 7.55. The number of anilines is 2. The van der Waals surface area contributed by atoms with Crippen LogP contribution in [0, 0.1) is 0 Å². The Morgan fingerprint density at radius 1 is 0.943 bits per heavy atom. The molecule has 0 bridgehead atoms. The summed E-state index contributed by atoms with van der Waals surface area (Å²) in [6.45, 7) is 9.54. The van der Waals surface area contributed by atoms with Crippen LogP contribution in [0.5, 0.6) is 5.75 Å². The van der Waals surface area contributed by atoms with Gasteiger partial charge >= 0.3 is 0 Å². The molecule has 182 valence electrons. The van der Waals surface area contributed by atoms with Gasteiger partial charge in [-0.05, 0) is 23.6 Å². The number of hydrogen-bond donors (Lipinski definition) is 1. The molecule has 0 atom stereocenters. The molecule has 1 fully saturated rings. The molecule has 5 rings (SSSR count). The number of aromatic nitrogens is 4. The standard InChI is InChI=1S/C27H33N7O/c1-19(2)20-9-11-21(12-10-20)24-23-25(28)32(3)31-26(23)30-27(29-24)34-15-13-33(14-16-34)17-18-35-22-7-5-4-6-8-22/h4-12,19H,13-18,28H2,1-3H3. The fourth-order valence-corrected chi connectivity index (χ4v) is 4.46. The van der Waals surface area contributed by atoms with E-state index in [-0.39, 0.29) is 0 Å². The van der Waals surface area contributed by atoms with Gasteiger partial charge in [0.05, 0.1) is 11.1 Å². The summed E-state index contributed by atoms with van der Waals surface area (Å²) in [7, 11) is 1.85. The molecular weight excluding hydrogens is 438 g/mol. The van der Waals surface area contributed by atoms with Gasteiger partial charge < -0.3 is 15.4 Å². The molecule has 8 heteroatoms. The van der Waals surface area contributed by atoms with Gasteiger partial charge in [0.1, 0.15) is 18.2 Å². The number of hydrogen-bond acceptors (Lipinski definition) is 7. The van der Waals surface area contributed by atoms with E-state index in [1.807, 2.05) is 37.4 Å². The van der Waals surface area contributed by atoms with E-state index in [0.717, 1.165) is 55.1 Å². The maximum Gasteiger partial charge on any atom is 0.228 e. The zero-order chi connectivity index (χ0) is 24.4. The van der Waals surface area contributed by atoms with Crippen LogP contribution in [0.3, 0.4) is 0 Å². The average molecular weight is 472 g/mol. The van der Waals surface area contributed by atoms with Gasteiger partial charge in [0.25, 0.3) is 0 Å². The van der Waals surface area contributed by atoms with Crippen LogP contribution >= 0.6 is 0 Å². The lowest BCUT2D eigenvalue weighted by atomic mass is 10.00. The lowest BCUT2D eigenvalue weighted by Crippen LogP contribution is -2.48. The number of nitrogens with zero attached hydrogens (tertiary/aromatic N) is 6. The molecule has 1 saturated heterocycles. The first-order valence-electron chi connectivity index (χ1n) is 12.3. The number of rotatable bonds is 7. The molecule has 0 amide bonds. The molecule has 4 aromatic rings. The third-order valence-corrected chi connectivity index (χ3v) is 6.65. The minimum Gasteiger partial charge on any atom is -0.492 e. The van der Waals surface area contributed by atoms with Gasteiger partial charge in [-0.15, -0.1) is 0 Å². The molecule has 0 spiro atoms. The first-order valence-corrected chi connectivity index (χ1v) is 12.3. The lowest BCUT2D eigenvalue weighted by Gasteiger charge is -2.34. The Morgan fingerprint density at radius 3 is 2.34 bits per heavy atom. The van der Waals surface area contributed by atoms with Gasteiger partial charge in [0, 0.05) is 45.3 Å². The highest BCUT2D eigenvalue weighted by atomic mass is 16.5. The van der Waals surface area contributed by atoms with Crippen molar-refractivity contribution < 1.29 is 4.74 Å². The number of nitrogens with two attached hydrogens (primary N) is 1. The first-order chi connectivity index (χ1) is 17.0. The van der Waals surface area contributed by atoms with E-state index in [2.05, 4.69) is 53.0 Å². The highest BCUT2D eigenvalue weighted by molar-refractivity contribution is 5.98. The monoisotopic (exact) mass is 471 g/mol. The Kier molecular flexibility index (Phi) is 6.55. The second-order valence-electron chi connectivity index (χ2n) is 9.35. The Bertz CT molecular complexity index is 1280. The molecule has 8 nitrogen and oxygen atoms in total. The van der Waals surface area contributed by atoms with E-state index in [0.29, 0.717) is 29.9 Å². The van der Waals surface area contributed by atoms with Crippen molar-refractivity contribution in [2.45, 2.75) is 19.8 Å². The highest BCUT2D eigenvalue weighted by Crippen LogP contribution is 2.32. The maximum absolute atomic E-state index is 6.38. The van der Waals surface area contributed by atoms with Crippen molar-refractivity contribution in [3.63, 3.8) is 0 Å². The van der Waals surface area contributed by atoms with E-state index in [1.54, 1.807) is 4.68 Å². The fourth-order valence-electron chi connectivity index (χ4n) is 4.46. The fraction of sp³-hybridized carbons (Fsp3) is 0.370. The second kappa shape index (κ2) is 9.92. The predicted octanol–water partition coefficient (Wildman–Crippen LogP) is 3.94. The van der Waals surface area contributed by atoms with Gasteiger partial charge in [0.15, 0.2) is 5.65 Å². The number of ether oxygens (including phenoxy) is 1. The van der Waals surface area contributed by atoms with Crippen LogP contribution in [0.1, 0.15) is 25.3 Å². The summed E-state index contributed by atoms with van der Waals surface area (Å²) in [4.78, 5) is 14.5. The summed E-state index contributed by atoms with van der Waals surface area (Å²) in [6.07, 6.45) is 0. The Hall–Kier alpha value is -3.65. The van der Waals surface area contributed by atoms with Crippen molar-refractivity contribution in [1.82, 2.24) is 24.6 Å². The van der Waals surface area contributed by atoms with Crippen LogP contribution in [0.15, 0.2) is 54.6 Å². The maximum atomic E-state index is 6.38. The highest BCUT2D eigenvalue weighted by Gasteiger charge is 2.23. The molecule has 2 aromatic heterocycles. The molecule has 1 aliphatic rings. The molecule has 0 aliphatic carbocycles. The molecule has 3 heterocycles. The van der Waals surface area contributed by atoms with Gasteiger partial charge in [0.2, 0.25) is 5.95 Å². The third kappa shape index (κ3) is 4.93. The van der Waals surface area contributed by atoms with Gasteiger partial charge in [-0.2, -0.15) is 10.1 Å². The Labute approximate surface area is 206 Å². The van der Waals surface area contributed by atoms with E-state index < -0.39 is 0 Å². The van der Waals surface area contributed by atoms with Crippen molar-refractivity contribution in [2.75, 3.05) is 50.0 Å². The zero-order valence-electron chi connectivity index (χ0n) is 20.7. The van der Waals surface area contributed by atoms with Crippen molar-refractivity contribution in [3.8, 4) is 17.0 Å². The Balaban J connectivity index is 1.32. The largest absolute Gasteiger partial charge is 0.492 e. The summed E-state index contributed by atoms with van der Waals surface area (Å²) in [6, 6.07) is 18.5. The first kappa shape index (κ1) is 23.1. The molecular formula is C27H33N7O. The topological polar surface area (TPSA) is 85.3 Å². The van der Waals surface area contributed by atoms with E-state index in [9.17, 15) is 0 Å². The van der Waals surface area contributed by atoms with Crippen molar-refractivity contribution >= 4 is 22.8 Å². The molecule has 0 radical (unpaired) electrons. The minimum absolute atomic E-state index is 0.475. The van der Waals surface area contributed by atoms with Crippen LogP contribution < -0.4 is 15.4 Å². The van der Waals surface area contributed by atoms with Gasteiger partial charge in [-0.3, -0.25) is 9.58 Å². The molecule has 35 heavy (non-hydrogen) atoms.